The van der Waals surface area contributed by atoms with Crippen molar-refractivity contribution in [3.05, 3.63) is 40.6 Å². The molecule has 0 bridgehead atoms. The van der Waals surface area contributed by atoms with Crippen LogP contribution < -0.4 is 20.5 Å². The fourth-order valence-electron chi connectivity index (χ4n) is 1.63. The lowest BCUT2D eigenvalue weighted by Crippen LogP contribution is -2.18. The summed E-state index contributed by atoms with van der Waals surface area (Å²) in [5.74, 6) is 0.908. The smallest absolute Gasteiger partial charge is 0.269 e. The van der Waals surface area contributed by atoms with Crippen molar-refractivity contribution in [1.82, 2.24) is 0 Å². The van der Waals surface area contributed by atoms with E-state index < -0.39 is 0 Å². The summed E-state index contributed by atoms with van der Waals surface area (Å²) in [6, 6.07) is 8.76. The molecule has 2 rings (SSSR count). The summed E-state index contributed by atoms with van der Waals surface area (Å²) in [5.41, 5.74) is 6.00. The number of hydrogen-bond acceptors (Lipinski definition) is 5. The Bertz CT molecular complexity index is 655. The maximum Gasteiger partial charge on any atom is 0.269 e. The highest BCUT2D eigenvalue weighted by atomic mass is 32.1. The van der Waals surface area contributed by atoms with Crippen LogP contribution in [0.15, 0.2) is 35.7 Å². The second kappa shape index (κ2) is 7.05. The van der Waals surface area contributed by atoms with Gasteiger partial charge in [0.2, 0.25) is 0 Å². The molecule has 1 heterocycles. The van der Waals surface area contributed by atoms with Crippen molar-refractivity contribution < 1.29 is 14.3 Å². The van der Waals surface area contributed by atoms with E-state index in [0.717, 1.165) is 0 Å². The molecule has 0 atom stereocenters. The van der Waals surface area contributed by atoms with Crippen LogP contribution in [0.1, 0.15) is 9.67 Å². The summed E-state index contributed by atoms with van der Waals surface area (Å²) in [7, 11) is 1.53. The molecule has 0 spiro atoms. The zero-order valence-electron chi connectivity index (χ0n) is 11.3. The van der Waals surface area contributed by atoms with E-state index in [1.165, 1.54) is 18.4 Å². The van der Waals surface area contributed by atoms with Crippen LogP contribution in [0.4, 0.5) is 5.69 Å². The van der Waals surface area contributed by atoms with E-state index in [9.17, 15) is 4.79 Å². The van der Waals surface area contributed by atoms with Crippen molar-refractivity contribution in [3.8, 4) is 11.5 Å². The Hall–Kier alpha value is -2.12. The number of methoxy groups -OCH3 is 1. The van der Waals surface area contributed by atoms with Crippen molar-refractivity contribution >= 4 is 40.1 Å². The van der Waals surface area contributed by atoms with Gasteiger partial charge in [-0.15, -0.1) is 11.3 Å². The van der Waals surface area contributed by atoms with Gasteiger partial charge in [0.15, 0.2) is 0 Å². The molecule has 0 radical (unpaired) electrons. The molecule has 0 aliphatic carbocycles. The number of nitrogens with two attached hydrogens (primary N) is 1. The molecule has 110 valence electrons. The predicted molar refractivity (Wildman–Crippen MR) is 87.5 cm³/mol. The molecule has 1 aromatic carbocycles. The van der Waals surface area contributed by atoms with Crippen LogP contribution in [0.2, 0.25) is 0 Å². The highest BCUT2D eigenvalue weighted by molar-refractivity contribution is 7.80. The van der Waals surface area contributed by atoms with Crippen molar-refractivity contribution in [2.45, 2.75) is 0 Å². The molecule has 0 saturated heterocycles. The number of thiocarbonyl (C=S) groups is 1. The number of benzene rings is 1. The molecule has 21 heavy (non-hydrogen) atoms. The van der Waals surface area contributed by atoms with Gasteiger partial charge in [-0.2, -0.15) is 0 Å². The second-order valence-electron chi connectivity index (χ2n) is 4.06. The van der Waals surface area contributed by atoms with E-state index in [1.54, 1.807) is 35.7 Å². The van der Waals surface area contributed by atoms with E-state index >= 15 is 0 Å². The SMILES string of the molecule is COc1ccsc1C(=O)Nc1cccc(OCC(N)=S)c1. The van der Waals surface area contributed by atoms with Gasteiger partial charge in [0.05, 0.1) is 7.11 Å². The molecule has 3 N–H and O–H groups in total. The van der Waals surface area contributed by atoms with Crippen molar-refractivity contribution in [3.63, 3.8) is 0 Å². The number of ether oxygens (including phenoxy) is 2. The first-order chi connectivity index (χ1) is 10.1. The van der Waals surface area contributed by atoms with Crippen LogP contribution in [0.5, 0.6) is 11.5 Å². The summed E-state index contributed by atoms with van der Waals surface area (Å²) in [6.45, 7) is 0.158. The van der Waals surface area contributed by atoms with Gasteiger partial charge >= 0.3 is 0 Å². The standard InChI is InChI=1S/C14H14N2O3S2/c1-18-11-5-6-21-13(11)14(17)16-9-3-2-4-10(7-9)19-8-12(15)20/h2-7H,8H2,1H3,(H2,15,20)(H,16,17). The number of thiophene rings is 1. The van der Waals surface area contributed by atoms with E-state index in [4.69, 9.17) is 27.4 Å². The summed E-state index contributed by atoms with van der Waals surface area (Å²) in [6.07, 6.45) is 0. The van der Waals surface area contributed by atoms with Gasteiger partial charge in [-0.05, 0) is 23.6 Å². The summed E-state index contributed by atoms with van der Waals surface area (Å²) in [4.78, 5) is 13.0. The molecule has 2 aromatic rings. The summed E-state index contributed by atoms with van der Waals surface area (Å²) in [5, 5.41) is 4.60. The first-order valence-corrected chi connectivity index (χ1v) is 7.33. The minimum atomic E-state index is -0.228. The van der Waals surface area contributed by atoms with Crippen molar-refractivity contribution in [2.75, 3.05) is 19.0 Å². The fourth-order valence-corrected chi connectivity index (χ4v) is 2.44. The third-order valence-corrected chi connectivity index (χ3v) is 3.54. The quantitative estimate of drug-likeness (QED) is 0.800. The minimum Gasteiger partial charge on any atom is -0.495 e. The molecule has 1 aromatic heterocycles. The van der Waals surface area contributed by atoms with Gasteiger partial charge in [-0.3, -0.25) is 4.79 Å². The van der Waals surface area contributed by atoms with Crippen molar-refractivity contribution in [2.24, 2.45) is 5.73 Å². The summed E-state index contributed by atoms with van der Waals surface area (Å²) >= 11 is 6.07. The van der Waals surface area contributed by atoms with Crippen LogP contribution in [0, 0.1) is 0 Å². The lowest BCUT2D eigenvalue weighted by molar-refractivity contribution is 0.102. The van der Waals surface area contributed by atoms with Crippen LogP contribution in [0.3, 0.4) is 0 Å². The zero-order valence-corrected chi connectivity index (χ0v) is 12.9. The molecular weight excluding hydrogens is 308 g/mol. The number of anilines is 1. The molecule has 0 unspecified atom stereocenters. The molecule has 0 aliphatic rings. The van der Waals surface area contributed by atoms with E-state index in [-0.39, 0.29) is 17.5 Å². The molecule has 1 amide bonds. The zero-order chi connectivity index (χ0) is 15.2. The first kappa shape index (κ1) is 15.3. The molecule has 5 nitrogen and oxygen atoms in total. The average Bonchev–Trinajstić information content (AvgIpc) is 2.94. The molecule has 7 heteroatoms. The number of rotatable bonds is 6. The normalized spacial score (nSPS) is 9.95. The summed E-state index contributed by atoms with van der Waals surface area (Å²) < 4.78 is 10.5. The van der Waals surface area contributed by atoms with Crippen LogP contribution >= 0.6 is 23.6 Å². The van der Waals surface area contributed by atoms with Crippen LogP contribution in [-0.4, -0.2) is 24.6 Å². The van der Waals surface area contributed by atoms with Gasteiger partial charge in [0, 0.05) is 11.8 Å². The van der Waals surface area contributed by atoms with Crippen molar-refractivity contribution in [1.29, 1.82) is 0 Å². The monoisotopic (exact) mass is 322 g/mol. The second-order valence-corrected chi connectivity index (χ2v) is 5.50. The van der Waals surface area contributed by atoms with Gasteiger partial charge in [0.1, 0.15) is 28.0 Å². The van der Waals surface area contributed by atoms with Crippen LogP contribution in [0.25, 0.3) is 0 Å². The Morgan fingerprint density at radius 2 is 2.24 bits per heavy atom. The molecule has 0 aliphatic heterocycles. The Kier molecular flexibility index (Phi) is 5.13. The topological polar surface area (TPSA) is 73.6 Å². The highest BCUT2D eigenvalue weighted by Crippen LogP contribution is 2.26. The van der Waals surface area contributed by atoms with E-state index in [0.29, 0.717) is 22.1 Å². The van der Waals surface area contributed by atoms with Gasteiger partial charge in [-0.1, -0.05) is 18.3 Å². The molecule has 0 fully saturated rings. The predicted octanol–water partition coefficient (Wildman–Crippen LogP) is 2.67. The lowest BCUT2D eigenvalue weighted by Gasteiger charge is -2.08. The van der Waals surface area contributed by atoms with E-state index in [2.05, 4.69) is 5.32 Å². The third-order valence-electron chi connectivity index (χ3n) is 2.53. The average molecular weight is 322 g/mol. The van der Waals surface area contributed by atoms with Gasteiger partial charge < -0.3 is 20.5 Å². The highest BCUT2D eigenvalue weighted by Gasteiger charge is 2.14. The number of amides is 1. The Balaban J connectivity index is 2.07. The molecule has 0 saturated carbocycles. The Labute approximate surface area is 131 Å². The number of carbonyl (C=O) groups is 1. The van der Waals surface area contributed by atoms with E-state index in [1.807, 2.05) is 0 Å². The fraction of sp³-hybridized carbons (Fsp3) is 0.143. The van der Waals surface area contributed by atoms with Gasteiger partial charge in [-0.25, -0.2) is 0 Å². The number of nitrogens with one attached hydrogen (secondary N) is 1. The molecular formula is C14H14N2O3S2. The van der Waals surface area contributed by atoms with Gasteiger partial charge in [0.25, 0.3) is 5.91 Å². The number of carbonyl (C=O) groups excluding carboxylic acids is 1. The minimum absolute atomic E-state index is 0.158. The largest absolute Gasteiger partial charge is 0.495 e. The number of hydrogen-bond donors (Lipinski definition) is 2. The van der Waals surface area contributed by atoms with Crippen LogP contribution in [-0.2, 0) is 0 Å². The Morgan fingerprint density at radius 1 is 1.43 bits per heavy atom. The Morgan fingerprint density at radius 3 is 2.95 bits per heavy atom. The maximum absolute atomic E-state index is 12.2. The maximum atomic E-state index is 12.2. The lowest BCUT2D eigenvalue weighted by atomic mass is 10.3. The first-order valence-electron chi connectivity index (χ1n) is 6.04. The third kappa shape index (κ3) is 4.17.